The van der Waals surface area contributed by atoms with E-state index in [4.69, 9.17) is 0 Å². The van der Waals surface area contributed by atoms with Gasteiger partial charge in [0.25, 0.3) is 0 Å². The normalized spacial score (nSPS) is 11.2. The number of fused-ring (bicyclic) bond motifs is 3. The first kappa shape index (κ1) is 31.2. The van der Waals surface area contributed by atoms with Gasteiger partial charge in [-0.15, -0.1) is 0 Å². The first-order valence-electron chi connectivity index (χ1n) is 17.7. The number of Topliss-reactive ketones (excluding diaryl/α,β-unsaturated/α-hetero) is 1. The summed E-state index contributed by atoms with van der Waals surface area (Å²) in [5.41, 5.74) is 16.1. The molecule has 1 heterocycles. The Labute approximate surface area is 303 Å². The summed E-state index contributed by atoms with van der Waals surface area (Å²) in [6.07, 6.45) is 0. The van der Waals surface area contributed by atoms with Gasteiger partial charge in [0.05, 0.1) is 5.52 Å². The minimum atomic E-state index is 0.0359. The highest BCUT2D eigenvalue weighted by molar-refractivity contribution is 6.16. The fraction of sp³-hybridized carbons (Fsp3) is 0.0200. The van der Waals surface area contributed by atoms with Crippen LogP contribution in [0.1, 0.15) is 17.3 Å². The van der Waals surface area contributed by atoms with Crippen molar-refractivity contribution >= 4 is 27.6 Å². The number of aromatic nitrogens is 1. The van der Waals surface area contributed by atoms with Gasteiger partial charge in [-0.25, -0.2) is 0 Å². The fourth-order valence-electron chi connectivity index (χ4n) is 7.63. The third kappa shape index (κ3) is 5.61. The number of hydrogen-bond acceptors (Lipinski definition) is 1. The summed E-state index contributed by atoms with van der Waals surface area (Å²) < 4.78 is 0. The van der Waals surface area contributed by atoms with Crippen LogP contribution < -0.4 is 0 Å². The zero-order valence-corrected chi connectivity index (χ0v) is 28.8. The highest BCUT2D eigenvalue weighted by Gasteiger charge is 2.20. The molecule has 1 aromatic heterocycles. The Kier molecular flexibility index (Phi) is 7.91. The molecule has 9 aromatic rings. The van der Waals surface area contributed by atoms with Crippen LogP contribution in [-0.4, -0.2) is 10.8 Å². The largest absolute Gasteiger partial charge is 0.354 e. The van der Waals surface area contributed by atoms with E-state index in [1.165, 1.54) is 16.7 Å². The number of hydrogen-bond donors (Lipinski definition) is 1. The Morgan fingerprint density at radius 2 is 0.827 bits per heavy atom. The molecule has 0 aliphatic carbocycles. The summed E-state index contributed by atoms with van der Waals surface area (Å²) in [4.78, 5) is 17.1. The molecule has 0 atom stereocenters. The van der Waals surface area contributed by atoms with E-state index >= 15 is 0 Å². The zero-order valence-electron chi connectivity index (χ0n) is 28.8. The maximum Gasteiger partial charge on any atom is 0.160 e. The lowest BCUT2D eigenvalue weighted by Crippen LogP contribution is -1.98. The zero-order chi connectivity index (χ0) is 35.0. The molecule has 0 unspecified atom stereocenters. The van der Waals surface area contributed by atoms with Crippen molar-refractivity contribution in [2.24, 2.45) is 0 Å². The first-order chi connectivity index (χ1) is 25.6. The monoisotopic (exact) mass is 665 g/mol. The van der Waals surface area contributed by atoms with Crippen LogP contribution in [0.5, 0.6) is 0 Å². The van der Waals surface area contributed by atoms with Gasteiger partial charge in [0, 0.05) is 27.4 Å². The number of aromatic amines is 1. The van der Waals surface area contributed by atoms with Gasteiger partial charge in [0.15, 0.2) is 5.78 Å². The lowest BCUT2D eigenvalue weighted by molar-refractivity contribution is 0.101. The second-order valence-electron chi connectivity index (χ2n) is 13.3. The Bertz CT molecular complexity index is 2740. The van der Waals surface area contributed by atoms with Gasteiger partial charge < -0.3 is 4.98 Å². The van der Waals surface area contributed by atoms with Crippen molar-refractivity contribution in [2.75, 3.05) is 0 Å². The molecular weight excluding hydrogens is 631 g/mol. The van der Waals surface area contributed by atoms with E-state index in [0.717, 1.165) is 71.9 Å². The minimum absolute atomic E-state index is 0.0359. The van der Waals surface area contributed by atoms with Crippen molar-refractivity contribution in [2.45, 2.75) is 6.92 Å². The van der Waals surface area contributed by atoms with Crippen LogP contribution in [0.4, 0.5) is 0 Å². The molecule has 0 fully saturated rings. The molecular formula is C50H35NO. The van der Waals surface area contributed by atoms with E-state index < -0.39 is 0 Å². The summed E-state index contributed by atoms with van der Waals surface area (Å²) in [5.74, 6) is 0.0359. The van der Waals surface area contributed by atoms with Crippen LogP contribution in [0, 0.1) is 0 Å². The van der Waals surface area contributed by atoms with Gasteiger partial charge >= 0.3 is 0 Å². The molecule has 0 aliphatic rings. The summed E-state index contributed by atoms with van der Waals surface area (Å²) in [6, 6.07) is 66.3. The van der Waals surface area contributed by atoms with Gasteiger partial charge in [-0.1, -0.05) is 158 Å². The standard InChI is InChI=1S/C50H35NO/c1-33(52)40-27-25-37(34-15-5-2-6-16-34)29-45(40)47-31-39(44-24-14-12-22-42(44)36-19-9-4-10-20-36)32-48-46-30-38(26-28-49(46)51-50(47)48)43-23-13-11-21-41(43)35-17-7-3-8-18-35/h2-32,51H,1H3. The van der Waals surface area contributed by atoms with Crippen LogP contribution in [0.15, 0.2) is 188 Å². The van der Waals surface area contributed by atoms with E-state index in [2.05, 4.69) is 181 Å². The van der Waals surface area contributed by atoms with E-state index in [-0.39, 0.29) is 5.78 Å². The highest BCUT2D eigenvalue weighted by atomic mass is 16.1. The maximum absolute atomic E-state index is 13.3. The van der Waals surface area contributed by atoms with Crippen molar-refractivity contribution in [3.05, 3.63) is 194 Å². The van der Waals surface area contributed by atoms with Crippen molar-refractivity contribution in [1.29, 1.82) is 0 Å². The summed E-state index contributed by atoms with van der Waals surface area (Å²) >= 11 is 0. The van der Waals surface area contributed by atoms with Crippen LogP contribution in [0.2, 0.25) is 0 Å². The smallest absolute Gasteiger partial charge is 0.160 e. The summed E-state index contributed by atoms with van der Waals surface area (Å²) in [5, 5.41) is 2.25. The quantitative estimate of drug-likeness (QED) is 0.169. The number of nitrogens with one attached hydrogen (secondary N) is 1. The van der Waals surface area contributed by atoms with Gasteiger partial charge in [-0.3, -0.25) is 4.79 Å². The van der Waals surface area contributed by atoms with Crippen LogP contribution in [0.3, 0.4) is 0 Å². The third-order valence-electron chi connectivity index (χ3n) is 10.1. The molecule has 52 heavy (non-hydrogen) atoms. The fourth-order valence-corrected chi connectivity index (χ4v) is 7.63. The Hall–Kier alpha value is -6.77. The second kappa shape index (κ2) is 13.2. The number of carbonyl (C=O) groups is 1. The molecule has 0 spiro atoms. The molecule has 0 bridgehead atoms. The van der Waals surface area contributed by atoms with Gasteiger partial charge in [0.1, 0.15) is 0 Å². The molecule has 8 aromatic carbocycles. The minimum Gasteiger partial charge on any atom is -0.354 e. The molecule has 0 radical (unpaired) electrons. The van der Waals surface area contributed by atoms with Crippen molar-refractivity contribution < 1.29 is 4.79 Å². The number of benzene rings is 8. The number of H-pyrrole nitrogens is 1. The highest BCUT2D eigenvalue weighted by Crippen LogP contribution is 2.43. The Balaban J connectivity index is 1.34. The molecule has 2 heteroatoms. The van der Waals surface area contributed by atoms with Crippen molar-refractivity contribution in [3.63, 3.8) is 0 Å². The lowest BCUT2D eigenvalue weighted by Gasteiger charge is -2.16. The molecule has 0 aliphatic heterocycles. The average molecular weight is 666 g/mol. The second-order valence-corrected chi connectivity index (χ2v) is 13.3. The lowest BCUT2D eigenvalue weighted by atomic mass is 9.88. The molecule has 9 rings (SSSR count). The van der Waals surface area contributed by atoms with Gasteiger partial charge in [-0.05, 0) is 98.5 Å². The first-order valence-corrected chi connectivity index (χ1v) is 17.7. The Morgan fingerprint density at radius 3 is 1.40 bits per heavy atom. The molecule has 0 amide bonds. The van der Waals surface area contributed by atoms with E-state index in [0.29, 0.717) is 5.56 Å². The van der Waals surface area contributed by atoms with Crippen molar-refractivity contribution in [1.82, 2.24) is 4.98 Å². The van der Waals surface area contributed by atoms with Gasteiger partial charge in [0.2, 0.25) is 0 Å². The molecule has 2 nitrogen and oxygen atoms in total. The molecule has 0 saturated heterocycles. The SMILES string of the molecule is CC(=O)c1ccc(-c2ccccc2)cc1-c1cc(-c2ccccc2-c2ccccc2)cc2c1[nH]c1ccc(-c3ccccc3-c3ccccc3)cc12. The number of ketones is 1. The van der Waals surface area contributed by atoms with Crippen LogP contribution in [0.25, 0.3) is 88.6 Å². The topological polar surface area (TPSA) is 32.9 Å². The van der Waals surface area contributed by atoms with E-state index in [1.54, 1.807) is 6.92 Å². The van der Waals surface area contributed by atoms with Crippen LogP contribution in [-0.2, 0) is 0 Å². The van der Waals surface area contributed by atoms with Gasteiger partial charge in [-0.2, -0.15) is 0 Å². The number of carbonyl (C=O) groups excluding carboxylic acids is 1. The predicted octanol–water partition coefficient (Wildman–Crippen LogP) is 13.5. The third-order valence-corrected chi connectivity index (χ3v) is 10.1. The predicted molar refractivity (Wildman–Crippen MR) is 218 cm³/mol. The molecule has 0 saturated carbocycles. The van der Waals surface area contributed by atoms with Crippen LogP contribution >= 0.6 is 0 Å². The molecule has 1 N–H and O–H groups in total. The summed E-state index contributed by atoms with van der Waals surface area (Å²) in [7, 11) is 0. The average Bonchev–Trinajstić information content (AvgIpc) is 3.59. The van der Waals surface area contributed by atoms with Crippen molar-refractivity contribution in [3.8, 4) is 66.8 Å². The van der Waals surface area contributed by atoms with E-state index in [1.807, 2.05) is 12.1 Å². The molecule has 246 valence electrons. The number of rotatable bonds is 7. The maximum atomic E-state index is 13.3. The summed E-state index contributed by atoms with van der Waals surface area (Å²) in [6.45, 7) is 1.66. The van der Waals surface area contributed by atoms with E-state index in [9.17, 15) is 4.79 Å². The Morgan fingerprint density at radius 1 is 0.365 bits per heavy atom.